The molecule has 1 aromatic rings. The van der Waals surface area contributed by atoms with Crippen LogP contribution in [0.25, 0.3) is 0 Å². The lowest BCUT2D eigenvalue weighted by Gasteiger charge is -2.21. The molecule has 3 nitrogen and oxygen atoms in total. The largest absolute Gasteiger partial charge is 0.496 e. The van der Waals surface area contributed by atoms with E-state index in [0.717, 1.165) is 36.3 Å². The highest BCUT2D eigenvalue weighted by Gasteiger charge is 2.16. The molecule has 0 aromatic heterocycles. The number of hydrogen-bond donors (Lipinski definition) is 2. The van der Waals surface area contributed by atoms with Crippen LogP contribution in [0, 0.1) is 6.92 Å². The summed E-state index contributed by atoms with van der Waals surface area (Å²) in [5, 5.41) is 13.6. The molecule has 1 rings (SSSR count). The number of aliphatic hydroxyl groups excluding tert-OH is 1. The zero-order valence-corrected chi connectivity index (χ0v) is 11.9. The fraction of sp³-hybridized carbons (Fsp3) is 0.600. The number of methoxy groups -OCH3 is 1. The van der Waals surface area contributed by atoms with Crippen molar-refractivity contribution in [1.82, 2.24) is 5.32 Å². The summed E-state index contributed by atoms with van der Waals surface area (Å²) in [6.07, 6.45) is 1.82. The monoisotopic (exact) mass is 251 g/mol. The number of ether oxygens (including phenoxy) is 1. The smallest absolute Gasteiger partial charge is 0.121 e. The van der Waals surface area contributed by atoms with Crippen LogP contribution in [-0.2, 0) is 0 Å². The molecule has 0 aliphatic rings. The number of rotatable bonds is 7. The average Bonchev–Trinajstić information content (AvgIpc) is 2.38. The van der Waals surface area contributed by atoms with Gasteiger partial charge in [-0.3, -0.25) is 0 Å². The number of hydrogen-bond acceptors (Lipinski definition) is 3. The van der Waals surface area contributed by atoms with Gasteiger partial charge in [0.25, 0.3) is 0 Å². The van der Waals surface area contributed by atoms with Crippen LogP contribution in [-0.4, -0.2) is 24.8 Å². The van der Waals surface area contributed by atoms with Crippen LogP contribution in [0.5, 0.6) is 5.75 Å². The highest BCUT2D eigenvalue weighted by molar-refractivity contribution is 5.37. The fourth-order valence-electron chi connectivity index (χ4n) is 1.99. The maximum Gasteiger partial charge on any atom is 0.121 e. The van der Waals surface area contributed by atoms with E-state index in [2.05, 4.69) is 12.2 Å². The maximum absolute atomic E-state index is 10.3. The van der Waals surface area contributed by atoms with E-state index in [1.165, 1.54) is 0 Å². The van der Waals surface area contributed by atoms with Crippen molar-refractivity contribution >= 4 is 0 Å². The molecule has 0 amide bonds. The Labute approximate surface area is 110 Å². The zero-order valence-electron chi connectivity index (χ0n) is 11.9. The lowest BCUT2D eigenvalue weighted by atomic mass is 10.0. The summed E-state index contributed by atoms with van der Waals surface area (Å²) in [6.45, 7) is 7.11. The Morgan fingerprint density at radius 2 is 2.11 bits per heavy atom. The Bertz CT molecular complexity index is 366. The zero-order chi connectivity index (χ0) is 13.5. The van der Waals surface area contributed by atoms with Gasteiger partial charge in [-0.2, -0.15) is 0 Å². The van der Waals surface area contributed by atoms with Crippen molar-refractivity contribution < 1.29 is 9.84 Å². The predicted octanol–water partition coefficient (Wildman–Crippen LogP) is 2.82. The molecule has 0 radical (unpaired) electrons. The van der Waals surface area contributed by atoms with Crippen molar-refractivity contribution in [1.29, 1.82) is 0 Å². The van der Waals surface area contributed by atoms with Crippen LogP contribution in [0.15, 0.2) is 18.2 Å². The quantitative estimate of drug-likeness (QED) is 0.732. The van der Waals surface area contributed by atoms with Crippen molar-refractivity contribution in [3.05, 3.63) is 29.3 Å². The summed E-state index contributed by atoms with van der Waals surface area (Å²) in [4.78, 5) is 0. The van der Waals surface area contributed by atoms with E-state index in [0.29, 0.717) is 0 Å². The second kappa shape index (κ2) is 7.39. The molecule has 2 atom stereocenters. The van der Waals surface area contributed by atoms with Crippen molar-refractivity contribution in [2.45, 2.75) is 45.8 Å². The molecule has 0 saturated heterocycles. The van der Waals surface area contributed by atoms with Gasteiger partial charge in [0, 0.05) is 6.04 Å². The third-order valence-corrected chi connectivity index (χ3v) is 3.23. The van der Waals surface area contributed by atoms with E-state index in [1.54, 1.807) is 7.11 Å². The lowest BCUT2D eigenvalue weighted by Crippen LogP contribution is -2.32. The first-order chi connectivity index (χ1) is 8.60. The third-order valence-electron chi connectivity index (χ3n) is 3.23. The number of benzene rings is 1. The molecular formula is C15H25NO2. The predicted molar refractivity (Wildman–Crippen MR) is 75.1 cm³/mol. The van der Waals surface area contributed by atoms with Gasteiger partial charge < -0.3 is 15.2 Å². The van der Waals surface area contributed by atoms with E-state index >= 15 is 0 Å². The molecule has 0 spiro atoms. The van der Waals surface area contributed by atoms with E-state index < -0.39 is 6.10 Å². The molecule has 3 heteroatoms. The van der Waals surface area contributed by atoms with Gasteiger partial charge in [-0.15, -0.1) is 0 Å². The van der Waals surface area contributed by atoms with E-state index in [-0.39, 0.29) is 6.04 Å². The van der Waals surface area contributed by atoms with Crippen molar-refractivity contribution in [3.8, 4) is 5.75 Å². The highest BCUT2D eigenvalue weighted by atomic mass is 16.5. The molecule has 1 aromatic carbocycles. The minimum absolute atomic E-state index is 0.0596. The first-order valence-corrected chi connectivity index (χ1v) is 6.66. The Kier molecular flexibility index (Phi) is 6.16. The van der Waals surface area contributed by atoms with Gasteiger partial charge in [-0.1, -0.05) is 19.4 Å². The minimum atomic E-state index is -0.480. The number of nitrogens with one attached hydrogen (secondary N) is 1. The molecular weight excluding hydrogens is 226 g/mol. The molecule has 0 aliphatic carbocycles. The molecule has 0 heterocycles. The molecule has 2 N–H and O–H groups in total. The van der Waals surface area contributed by atoms with E-state index in [4.69, 9.17) is 4.74 Å². The van der Waals surface area contributed by atoms with Crippen LogP contribution in [0.2, 0.25) is 0 Å². The van der Waals surface area contributed by atoms with Gasteiger partial charge in [0.1, 0.15) is 5.75 Å². The standard InChI is InChI=1S/C15H25NO2/c1-5-6-9-16-12(3)15(17)13-7-8-14(18-4)11(2)10-13/h7-8,10,12,15-17H,5-6,9H2,1-4H3. The summed E-state index contributed by atoms with van der Waals surface area (Å²) in [7, 11) is 1.66. The van der Waals surface area contributed by atoms with Crippen molar-refractivity contribution in [3.63, 3.8) is 0 Å². The number of aliphatic hydroxyl groups is 1. The van der Waals surface area contributed by atoms with Gasteiger partial charge in [-0.25, -0.2) is 0 Å². The Morgan fingerprint density at radius 3 is 2.67 bits per heavy atom. The SMILES string of the molecule is CCCCNC(C)C(O)c1ccc(OC)c(C)c1. The second-order valence-corrected chi connectivity index (χ2v) is 4.77. The molecule has 0 saturated carbocycles. The van der Waals surface area contributed by atoms with E-state index in [1.807, 2.05) is 32.0 Å². The normalized spacial score (nSPS) is 14.3. The number of unbranched alkanes of at least 4 members (excludes halogenated alkanes) is 1. The molecule has 102 valence electrons. The summed E-state index contributed by atoms with van der Waals surface area (Å²) >= 11 is 0. The average molecular weight is 251 g/mol. The van der Waals surface area contributed by atoms with Crippen LogP contribution < -0.4 is 10.1 Å². The van der Waals surface area contributed by atoms with Crippen LogP contribution in [0.4, 0.5) is 0 Å². The van der Waals surface area contributed by atoms with Gasteiger partial charge in [0.05, 0.1) is 13.2 Å². The van der Waals surface area contributed by atoms with Crippen LogP contribution in [0.3, 0.4) is 0 Å². The van der Waals surface area contributed by atoms with Gasteiger partial charge in [-0.05, 0) is 50.1 Å². The fourth-order valence-corrected chi connectivity index (χ4v) is 1.99. The minimum Gasteiger partial charge on any atom is -0.496 e. The van der Waals surface area contributed by atoms with Gasteiger partial charge in [0.15, 0.2) is 0 Å². The Morgan fingerprint density at radius 1 is 1.39 bits per heavy atom. The Balaban J connectivity index is 2.65. The van der Waals surface area contributed by atoms with Crippen molar-refractivity contribution in [2.24, 2.45) is 0 Å². The Hall–Kier alpha value is -1.06. The second-order valence-electron chi connectivity index (χ2n) is 4.77. The highest BCUT2D eigenvalue weighted by Crippen LogP contribution is 2.24. The van der Waals surface area contributed by atoms with Crippen molar-refractivity contribution in [2.75, 3.05) is 13.7 Å². The first-order valence-electron chi connectivity index (χ1n) is 6.66. The third kappa shape index (κ3) is 4.00. The maximum atomic E-state index is 10.3. The van der Waals surface area contributed by atoms with Gasteiger partial charge >= 0.3 is 0 Å². The molecule has 2 unspecified atom stereocenters. The first kappa shape index (κ1) is 15.0. The molecule has 0 fully saturated rings. The summed E-state index contributed by atoms with van der Waals surface area (Å²) in [5.41, 5.74) is 1.99. The van der Waals surface area contributed by atoms with Crippen LogP contribution >= 0.6 is 0 Å². The summed E-state index contributed by atoms with van der Waals surface area (Å²) in [6, 6.07) is 5.88. The molecule has 18 heavy (non-hydrogen) atoms. The summed E-state index contributed by atoms with van der Waals surface area (Å²) in [5.74, 6) is 0.859. The van der Waals surface area contributed by atoms with Crippen LogP contribution in [0.1, 0.15) is 43.9 Å². The topological polar surface area (TPSA) is 41.5 Å². The lowest BCUT2D eigenvalue weighted by molar-refractivity contribution is 0.136. The summed E-state index contributed by atoms with van der Waals surface area (Å²) < 4.78 is 5.22. The number of aryl methyl sites for hydroxylation is 1. The van der Waals surface area contributed by atoms with E-state index in [9.17, 15) is 5.11 Å². The molecule has 0 aliphatic heterocycles. The molecule has 0 bridgehead atoms. The van der Waals surface area contributed by atoms with Gasteiger partial charge in [0.2, 0.25) is 0 Å².